The number of benzene rings is 1. The minimum Gasteiger partial charge on any atom is -0.315 e. The maximum Gasteiger partial charge on any atom is 0.416 e. The van der Waals surface area contributed by atoms with Crippen molar-refractivity contribution in [3.05, 3.63) is 35.4 Å². The molecule has 1 saturated carbocycles. The summed E-state index contributed by atoms with van der Waals surface area (Å²) in [6.45, 7) is 2.32. The van der Waals surface area contributed by atoms with E-state index in [-0.39, 0.29) is 0 Å². The van der Waals surface area contributed by atoms with Crippen LogP contribution in [0.5, 0.6) is 0 Å². The van der Waals surface area contributed by atoms with Gasteiger partial charge in [-0.2, -0.15) is 13.2 Å². The maximum atomic E-state index is 13.3. The Kier molecular flexibility index (Phi) is 5.27. The molecule has 1 aromatic rings. The predicted molar refractivity (Wildman–Crippen MR) is 85.1 cm³/mol. The van der Waals surface area contributed by atoms with Crippen molar-refractivity contribution in [1.29, 1.82) is 0 Å². The highest BCUT2D eigenvalue weighted by Gasteiger charge is 2.35. The van der Waals surface area contributed by atoms with Crippen molar-refractivity contribution >= 4 is 0 Å². The van der Waals surface area contributed by atoms with Gasteiger partial charge in [0.15, 0.2) is 0 Å². The molecular formula is C18H25F3N2. The van der Waals surface area contributed by atoms with Gasteiger partial charge in [-0.15, -0.1) is 0 Å². The van der Waals surface area contributed by atoms with Crippen molar-refractivity contribution in [2.45, 2.75) is 63.3 Å². The first-order valence-electron chi connectivity index (χ1n) is 8.67. The van der Waals surface area contributed by atoms with Crippen LogP contribution in [0, 0.1) is 0 Å². The summed E-state index contributed by atoms with van der Waals surface area (Å²) in [5.74, 6) is 0. The van der Waals surface area contributed by atoms with Gasteiger partial charge in [0.05, 0.1) is 5.56 Å². The minimum atomic E-state index is -4.28. The van der Waals surface area contributed by atoms with E-state index in [2.05, 4.69) is 10.2 Å². The Labute approximate surface area is 136 Å². The molecule has 0 amide bonds. The highest BCUT2D eigenvalue weighted by Crippen LogP contribution is 2.34. The van der Waals surface area contributed by atoms with Crippen LogP contribution < -0.4 is 5.32 Å². The Morgan fingerprint density at radius 3 is 2.35 bits per heavy atom. The second-order valence-corrected chi connectivity index (χ2v) is 6.77. The third-order valence-corrected chi connectivity index (χ3v) is 5.21. The first-order valence-corrected chi connectivity index (χ1v) is 8.67. The van der Waals surface area contributed by atoms with Gasteiger partial charge in [-0.1, -0.05) is 31.0 Å². The van der Waals surface area contributed by atoms with Gasteiger partial charge in [0.2, 0.25) is 0 Å². The van der Waals surface area contributed by atoms with Crippen LogP contribution in [0.15, 0.2) is 24.3 Å². The fraction of sp³-hybridized carbons (Fsp3) is 0.667. The Balaban J connectivity index is 1.83. The molecule has 0 spiro atoms. The third-order valence-electron chi connectivity index (χ3n) is 5.21. The van der Waals surface area contributed by atoms with Crippen molar-refractivity contribution in [2.24, 2.45) is 0 Å². The van der Waals surface area contributed by atoms with E-state index >= 15 is 0 Å². The molecular weight excluding hydrogens is 301 g/mol. The van der Waals surface area contributed by atoms with E-state index in [0.29, 0.717) is 24.2 Å². The van der Waals surface area contributed by atoms with Gasteiger partial charge in [0, 0.05) is 25.2 Å². The molecule has 2 nitrogen and oxygen atoms in total. The molecule has 23 heavy (non-hydrogen) atoms. The highest BCUT2D eigenvalue weighted by molar-refractivity contribution is 5.29. The van der Waals surface area contributed by atoms with Crippen LogP contribution in [-0.2, 0) is 12.7 Å². The maximum absolute atomic E-state index is 13.3. The highest BCUT2D eigenvalue weighted by atomic mass is 19.4. The van der Waals surface area contributed by atoms with Crippen LogP contribution in [0.2, 0.25) is 0 Å². The molecule has 3 rings (SSSR count). The standard InChI is InChI=1S/C18H25F3N2/c19-18(20,21)17-10-4-1-6-14(17)13-23(15-7-2-3-8-15)16-9-5-11-22-12-16/h1,4,6,10,15-16,22H,2-3,5,7-9,11-13H2/t16-/m0/s1. The Morgan fingerprint density at radius 2 is 1.70 bits per heavy atom. The molecule has 5 heteroatoms. The lowest BCUT2D eigenvalue weighted by molar-refractivity contribution is -0.138. The molecule has 1 heterocycles. The van der Waals surface area contributed by atoms with Crippen LogP contribution in [0.25, 0.3) is 0 Å². The Bertz CT molecular complexity index is 503. The van der Waals surface area contributed by atoms with E-state index in [1.54, 1.807) is 12.1 Å². The Hall–Kier alpha value is -1.07. The van der Waals surface area contributed by atoms with E-state index in [1.165, 1.54) is 25.0 Å². The molecule has 1 aliphatic carbocycles. The molecule has 1 aliphatic heterocycles. The zero-order valence-corrected chi connectivity index (χ0v) is 13.4. The fourth-order valence-corrected chi connectivity index (χ4v) is 4.04. The smallest absolute Gasteiger partial charge is 0.315 e. The number of hydrogen-bond acceptors (Lipinski definition) is 2. The van der Waals surface area contributed by atoms with Crippen LogP contribution in [-0.4, -0.2) is 30.1 Å². The van der Waals surface area contributed by atoms with Gasteiger partial charge in [-0.3, -0.25) is 4.90 Å². The zero-order chi connectivity index (χ0) is 16.3. The van der Waals surface area contributed by atoms with Gasteiger partial charge in [-0.25, -0.2) is 0 Å². The van der Waals surface area contributed by atoms with Crippen molar-refractivity contribution in [3.8, 4) is 0 Å². The number of rotatable bonds is 4. The summed E-state index contributed by atoms with van der Waals surface area (Å²) >= 11 is 0. The molecule has 2 fully saturated rings. The van der Waals surface area contributed by atoms with Crippen LogP contribution in [0.3, 0.4) is 0 Å². The van der Waals surface area contributed by atoms with Crippen LogP contribution in [0.4, 0.5) is 13.2 Å². The lowest BCUT2D eigenvalue weighted by Crippen LogP contribution is -2.49. The second-order valence-electron chi connectivity index (χ2n) is 6.77. The predicted octanol–water partition coefficient (Wildman–Crippen LogP) is 4.20. The topological polar surface area (TPSA) is 15.3 Å². The van der Waals surface area contributed by atoms with E-state index in [9.17, 15) is 13.2 Å². The summed E-state index contributed by atoms with van der Waals surface area (Å²) in [7, 11) is 0. The zero-order valence-electron chi connectivity index (χ0n) is 13.4. The monoisotopic (exact) mass is 326 g/mol. The molecule has 2 aliphatic rings. The van der Waals surface area contributed by atoms with Gasteiger partial charge in [0.1, 0.15) is 0 Å². The van der Waals surface area contributed by atoms with Crippen molar-refractivity contribution in [2.75, 3.05) is 13.1 Å². The lowest BCUT2D eigenvalue weighted by atomic mass is 9.99. The van der Waals surface area contributed by atoms with Crippen molar-refractivity contribution in [1.82, 2.24) is 10.2 Å². The summed E-state index contributed by atoms with van der Waals surface area (Å²) in [5, 5.41) is 3.41. The molecule has 1 aromatic carbocycles. The average Bonchev–Trinajstić information content (AvgIpc) is 3.07. The average molecular weight is 326 g/mol. The summed E-state index contributed by atoms with van der Waals surface area (Å²) in [4.78, 5) is 2.35. The Morgan fingerprint density at radius 1 is 1.00 bits per heavy atom. The van der Waals surface area contributed by atoms with Gasteiger partial charge >= 0.3 is 6.18 Å². The molecule has 0 unspecified atom stereocenters. The van der Waals surface area contributed by atoms with Gasteiger partial charge in [0.25, 0.3) is 0 Å². The molecule has 1 saturated heterocycles. The van der Waals surface area contributed by atoms with Gasteiger partial charge in [-0.05, 0) is 43.9 Å². The molecule has 1 atom stereocenters. The summed E-state index contributed by atoms with van der Waals surface area (Å²) in [5.41, 5.74) is -0.0655. The van der Waals surface area contributed by atoms with Crippen LogP contribution in [0.1, 0.15) is 49.7 Å². The summed E-state index contributed by atoms with van der Waals surface area (Å²) in [6.07, 6.45) is 2.54. The molecule has 128 valence electrons. The molecule has 0 bridgehead atoms. The quantitative estimate of drug-likeness (QED) is 0.892. The van der Waals surface area contributed by atoms with Crippen molar-refractivity contribution < 1.29 is 13.2 Å². The number of piperidine rings is 1. The number of alkyl halides is 3. The molecule has 1 N–H and O–H groups in total. The fourth-order valence-electron chi connectivity index (χ4n) is 4.04. The van der Waals surface area contributed by atoms with E-state index in [0.717, 1.165) is 38.8 Å². The SMILES string of the molecule is FC(F)(F)c1ccccc1CN(C1CCCC1)[C@H]1CCCNC1. The minimum absolute atomic E-state index is 0.355. The number of halogens is 3. The van der Waals surface area contributed by atoms with E-state index in [1.807, 2.05) is 0 Å². The summed E-state index contributed by atoms with van der Waals surface area (Å²) < 4.78 is 39.9. The number of nitrogens with zero attached hydrogens (tertiary/aromatic N) is 1. The normalized spacial score (nSPS) is 23.6. The second kappa shape index (κ2) is 7.22. The summed E-state index contributed by atoms with van der Waals surface area (Å²) in [6, 6.07) is 6.84. The third kappa shape index (κ3) is 4.07. The largest absolute Gasteiger partial charge is 0.416 e. The van der Waals surface area contributed by atoms with E-state index < -0.39 is 11.7 Å². The first-order chi connectivity index (χ1) is 11.1. The molecule has 0 radical (unpaired) electrons. The van der Waals surface area contributed by atoms with E-state index in [4.69, 9.17) is 0 Å². The molecule has 0 aromatic heterocycles. The van der Waals surface area contributed by atoms with Crippen LogP contribution >= 0.6 is 0 Å². The number of nitrogens with one attached hydrogen (secondary N) is 1. The van der Waals surface area contributed by atoms with Crippen molar-refractivity contribution in [3.63, 3.8) is 0 Å². The number of hydrogen-bond donors (Lipinski definition) is 1. The first kappa shape index (κ1) is 16.8. The van der Waals surface area contributed by atoms with Gasteiger partial charge < -0.3 is 5.32 Å². The lowest BCUT2D eigenvalue weighted by Gasteiger charge is -2.39.